The highest BCUT2D eigenvalue weighted by Crippen LogP contribution is 2.59. The van der Waals surface area contributed by atoms with Crippen LogP contribution in [0.3, 0.4) is 0 Å². The monoisotopic (exact) mass is 288 g/mol. The van der Waals surface area contributed by atoms with Gasteiger partial charge in [0.15, 0.2) is 0 Å². The summed E-state index contributed by atoms with van der Waals surface area (Å²) in [4.78, 5) is 0. The minimum absolute atomic E-state index is 0.0981. The van der Waals surface area contributed by atoms with E-state index in [1.165, 1.54) is 50.5 Å². The third kappa shape index (κ3) is 2.52. The normalized spacial score (nSPS) is 44.7. The second-order valence-corrected chi connectivity index (χ2v) is 8.33. The summed E-state index contributed by atoms with van der Waals surface area (Å²) in [5.41, 5.74) is 4.74. The quantitative estimate of drug-likeness (QED) is 0.603. The highest BCUT2D eigenvalue weighted by atomic mass is 16.3. The van der Waals surface area contributed by atoms with Crippen molar-refractivity contribution in [1.29, 1.82) is 0 Å². The highest BCUT2D eigenvalue weighted by Gasteiger charge is 2.53. The summed E-state index contributed by atoms with van der Waals surface area (Å²) in [7, 11) is 0. The fourth-order valence-corrected chi connectivity index (χ4v) is 5.43. The molecule has 0 heterocycles. The maximum Gasteiger partial charge on any atom is 0.0636 e. The van der Waals surface area contributed by atoms with E-state index < -0.39 is 0 Å². The van der Waals surface area contributed by atoms with Gasteiger partial charge in [-0.15, -0.1) is 0 Å². The van der Waals surface area contributed by atoms with Gasteiger partial charge in [0.25, 0.3) is 0 Å². The molecule has 5 atom stereocenters. The lowest BCUT2D eigenvalue weighted by Gasteiger charge is -2.45. The van der Waals surface area contributed by atoms with E-state index in [1.54, 1.807) is 11.1 Å². The molecule has 118 valence electrons. The van der Waals surface area contributed by atoms with Crippen LogP contribution >= 0.6 is 0 Å². The Labute approximate surface area is 130 Å². The first-order valence-corrected chi connectivity index (χ1v) is 8.97. The molecule has 0 amide bonds. The Balaban J connectivity index is 2.00. The molecule has 2 bridgehead atoms. The molecule has 0 unspecified atom stereocenters. The van der Waals surface area contributed by atoms with Gasteiger partial charge in [-0.25, -0.2) is 0 Å². The SMILES string of the molecule is C=C1CCC[C@H](C)CCC2=C(C)[C@@H]3[C@H]1CC[C@]3(C)[C@@H](O)C2. The van der Waals surface area contributed by atoms with E-state index in [0.29, 0.717) is 11.8 Å². The zero-order valence-corrected chi connectivity index (χ0v) is 14.1. The van der Waals surface area contributed by atoms with Crippen molar-refractivity contribution in [2.45, 2.75) is 78.2 Å². The molecule has 0 saturated heterocycles. The van der Waals surface area contributed by atoms with Gasteiger partial charge in [-0.05, 0) is 69.6 Å². The van der Waals surface area contributed by atoms with Crippen LogP contribution in [0.25, 0.3) is 0 Å². The molecule has 3 aliphatic rings. The second-order valence-electron chi connectivity index (χ2n) is 8.33. The third-order valence-electron chi connectivity index (χ3n) is 6.99. The molecular weight excluding hydrogens is 256 g/mol. The van der Waals surface area contributed by atoms with E-state index in [1.807, 2.05) is 0 Å². The first-order valence-electron chi connectivity index (χ1n) is 8.97. The molecule has 0 aliphatic heterocycles. The maximum absolute atomic E-state index is 10.8. The summed E-state index contributed by atoms with van der Waals surface area (Å²) in [6.07, 6.45) is 9.51. The van der Waals surface area contributed by atoms with Crippen LogP contribution in [-0.4, -0.2) is 11.2 Å². The molecule has 1 fully saturated rings. The van der Waals surface area contributed by atoms with Crippen molar-refractivity contribution in [3.8, 4) is 0 Å². The van der Waals surface area contributed by atoms with E-state index in [4.69, 9.17) is 0 Å². The number of allylic oxidation sites excluding steroid dienone is 2. The summed E-state index contributed by atoms with van der Waals surface area (Å²) in [5.74, 6) is 1.98. The zero-order chi connectivity index (χ0) is 15.2. The summed E-state index contributed by atoms with van der Waals surface area (Å²) < 4.78 is 0. The van der Waals surface area contributed by atoms with Crippen molar-refractivity contribution in [1.82, 2.24) is 0 Å². The minimum atomic E-state index is -0.143. The lowest BCUT2D eigenvalue weighted by atomic mass is 9.62. The predicted molar refractivity (Wildman–Crippen MR) is 89.0 cm³/mol. The molecule has 1 saturated carbocycles. The smallest absolute Gasteiger partial charge is 0.0636 e. The van der Waals surface area contributed by atoms with Gasteiger partial charge in [0.1, 0.15) is 0 Å². The Morgan fingerprint density at radius 3 is 2.71 bits per heavy atom. The van der Waals surface area contributed by atoms with Crippen LogP contribution in [0, 0.1) is 23.2 Å². The highest BCUT2D eigenvalue weighted by molar-refractivity contribution is 5.30. The largest absolute Gasteiger partial charge is 0.392 e. The molecule has 0 aromatic heterocycles. The Hall–Kier alpha value is -0.560. The summed E-state index contributed by atoms with van der Waals surface area (Å²) >= 11 is 0. The summed E-state index contributed by atoms with van der Waals surface area (Å²) in [5, 5.41) is 10.8. The van der Waals surface area contributed by atoms with Gasteiger partial charge in [0.05, 0.1) is 6.10 Å². The van der Waals surface area contributed by atoms with Gasteiger partial charge in [-0.3, -0.25) is 0 Å². The Morgan fingerprint density at radius 1 is 1.19 bits per heavy atom. The molecular formula is C20H32O. The first kappa shape index (κ1) is 15.3. The van der Waals surface area contributed by atoms with Crippen LogP contribution in [0.2, 0.25) is 0 Å². The van der Waals surface area contributed by atoms with E-state index >= 15 is 0 Å². The number of hydrogen-bond acceptors (Lipinski definition) is 1. The molecule has 3 rings (SSSR count). The van der Waals surface area contributed by atoms with E-state index in [2.05, 4.69) is 27.4 Å². The molecule has 3 aliphatic carbocycles. The third-order valence-corrected chi connectivity index (χ3v) is 6.99. The average molecular weight is 288 g/mol. The lowest BCUT2D eigenvalue weighted by molar-refractivity contribution is 0.00393. The second kappa shape index (κ2) is 5.57. The Bertz CT molecular complexity index is 460. The molecule has 0 aromatic rings. The maximum atomic E-state index is 10.8. The fourth-order valence-electron chi connectivity index (χ4n) is 5.43. The predicted octanol–water partition coefficient (Wildman–Crippen LogP) is 5.26. The molecule has 1 heteroatoms. The Kier molecular flexibility index (Phi) is 4.07. The lowest BCUT2D eigenvalue weighted by Crippen LogP contribution is -2.42. The first-order chi connectivity index (χ1) is 9.93. The molecule has 0 spiro atoms. The van der Waals surface area contributed by atoms with E-state index in [9.17, 15) is 5.11 Å². The van der Waals surface area contributed by atoms with Gasteiger partial charge in [-0.2, -0.15) is 0 Å². The van der Waals surface area contributed by atoms with Gasteiger partial charge < -0.3 is 5.11 Å². The topological polar surface area (TPSA) is 20.2 Å². The van der Waals surface area contributed by atoms with Gasteiger partial charge >= 0.3 is 0 Å². The average Bonchev–Trinajstić information content (AvgIpc) is 2.80. The van der Waals surface area contributed by atoms with Crippen molar-refractivity contribution < 1.29 is 5.11 Å². The van der Waals surface area contributed by atoms with Crippen LogP contribution in [0.1, 0.15) is 72.1 Å². The van der Waals surface area contributed by atoms with Crippen LogP contribution in [0.5, 0.6) is 0 Å². The standard InChI is InChI=1S/C20H32O/c1-13-6-5-7-14(2)17-10-11-20(4)18(21)12-16(9-8-13)15(3)19(17)20/h13,17-19,21H,2,5-12H2,1,3-4H3/t13-,17-,18-,19+,20+/m0/s1. The van der Waals surface area contributed by atoms with Gasteiger partial charge in [0.2, 0.25) is 0 Å². The van der Waals surface area contributed by atoms with Crippen LogP contribution < -0.4 is 0 Å². The minimum Gasteiger partial charge on any atom is -0.392 e. The van der Waals surface area contributed by atoms with Gasteiger partial charge in [0, 0.05) is 5.41 Å². The van der Waals surface area contributed by atoms with Crippen LogP contribution in [-0.2, 0) is 0 Å². The molecule has 0 aromatic carbocycles. The van der Waals surface area contributed by atoms with Crippen LogP contribution in [0.15, 0.2) is 23.3 Å². The van der Waals surface area contributed by atoms with Gasteiger partial charge in [-0.1, -0.05) is 43.6 Å². The van der Waals surface area contributed by atoms with E-state index in [0.717, 1.165) is 12.3 Å². The van der Waals surface area contributed by atoms with Crippen molar-refractivity contribution in [3.63, 3.8) is 0 Å². The molecule has 1 N–H and O–H groups in total. The van der Waals surface area contributed by atoms with Crippen molar-refractivity contribution >= 4 is 0 Å². The summed E-state index contributed by atoms with van der Waals surface area (Å²) in [6, 6.07) is 0. The van der Waals surface area contributed by atoms with E-state index in [-0.39, 0.29) is 11.5 Å². The number of hydrogen-bond donors (Lipinski definition) is 1. The van der Waals surface area contributed by atoms with Crippen molar-refractivity contribution in [2.24, 2.45) is 23.2 Å². The summed E-state index contributed by atoms with van der Waals surface area (Å²) in [6.45, 7) is 11.5. The number of rotatable bonds is 0. The van der Waals surface area contributed by atoms with Crippen molar-refractivity contribution in [2.75, 3.05) is 0 Å². The number of aliphatic hydroxyl groups excluding tert-OH is 1. The molecule has 21 heavy (non-hydrogen) atoms. The number of aliphatic hydroxyl groups is 1. The Morgan fingerprint density at radius 2 is 1.95 bits per heavy atom. The van der Waals surface area contributed by atoms with Crippen LogP contribution in [0.4, 0.5) is 0 Å². The molecule has 0 radical (unpaired) electrons. The van der Waals surface area contributed by atoms with Crippen molar-refractivity contribution in [3.05, 3.63) is 23.3 Å². The fraction of sp³-hybridized carbons (Fsp3) is 0.800. The zero-order valence-electron chi connectivity index (χ0n) is 14.1. The molecule has 1 nitrogen and oxygen atoms in total.